The largest absolute Gasteiger partial charge is 0.468 e. The van der Waals surface area contributed by atoms with Gasteiger partial charge in [-0.15, -0.1) is 0 Å². The van der Waals surface area contributed by atoms with Gasteiger partial charge in [0.2, 0.25) is 0 Å². The lowest BCUT2D eigenvalue weighted by Crippen LogP contribution is -1.97. The molecule has 0 aliphatic carbocycles. The highest BCUT2D eigenvalue weighted by molar-refractivity contribution is 5.70. The third-order valence-electron chi connectivity index (χ3n) is 1.72. The number of hydrogen-bond donors (Lipinski definition) is 1. The summed E-state index contributed by atoms with van der Waals surface area (Å²) in [6, 6.07) is 0.678. The van der Waals surface area contributed by atoms with E-state index in [1.54, 1.807) is 12.3 Å². The van der Waals surface area contributed by atoms with Crippen LogP contribution in [0.2, 0.25) is 0 Å². The molecule has 0 fully saturated rings. The SMILES string of the molecule is C=CCOc1ncc2[nH]c(OC)nc2n1. The normalized spacial score (nSPS) is 10.2. The molecule has 6 heteroatoms. The van der Waals surface area contributed by atoms with Gasteiger partial charge in [-0.2, -0.15) is 9.97 Å². The van der Waals surface area contributed by atoms with E-state index in [0.29, 0.717) is 23.8 Å². The van der Waals surface area contributed by atoms with Crippen LogP contribution >= 0.6 is 0 Å². The maximum absolute atomic E-state index is 5.17. The van der Waals surface area contributed by atoms with E-state index in [9.17, 15) is 0 Å². The number of rotatable bonds is 4. The van der Waals surface area contributed by atoms with Crippen LogP contribution in [0, 0.1) is 0 Å². The van der Waals surface area contributed by atoms with Gasteiger partial charge < -0.3 is 14.5 Å². The molecule has 2 rings (SSSR count). The standard InChI is InChI=1S/C9H10N4O2/c1-3-4-15-8-10-5-6-7(12-8)13-9(11-6)14-2/h3,5H,1,4H2,2H3,(H,10,11,12,13). The van der Waals surface area contributed by atoms with Crippen LogP contribution in [0.5, 0.6) is 12.0 Å². The van der Waals surface area contributed by atoms with Gasteiger partial charge >= 0.3 is 6.01 Å². The zero-order chi connectivity index (χ0) is 10.7. The van der Waals surface area contributed by atoms with Crippen molar-refractivity contribution in [2.75, 3.05) is 13.7 Å². The minimum Gasteiger partial charge on any atom is -0.468 e. The first-order valence-electron chi connectivity index (χ1n) is 4.34. The van der Waals surface area contributed by atoms with Gasteiger partial charge in [0.05, 0.1) is 13.3 Å². The monoisotopic (exact) mass is 206 g/mol. The summed E-state index contributed by atoms with van der Waals surface area (Å²) in [7, 11) is 1.53. The molecular weight excluding hydrogens is 196 g/mol. The Balaban J connectivity index is 2.32. The van der Waals surface area contributed by atoms with Crippen LogP contribution in [0.25, 0.3) is 11.2 Å². The van der Waals surface area contributed by atoms with E-state index in [1.807, 2.05) is 0 Å². The molecule has 2 aromatic rings. The summed E-state index contributed by atoms with van der Waals surface area (Å²) >= 11 is 0. The molecule has 0 spiro atoms. The molecule has 0 atom stereocenters. The number of ether oxygens (including phenoxy) is 2. The van der Waals surface area contributed by atoms with Crippen molar-refractivity contribution in [2.24, 2.45) is 0 Å². The van der Waals surface area contributed by atoms with Crippen LogP contribution in [-0.4, -0.2) is 33.7 Å². The van der Waals surface area contributed by atoms with Crippen LogP contribution in [-0.2, 0) is 0 Å². The fraction of sp³-hybridized carbons (Fsp3) is 0.222. The molecule has 1 N–H and O–H groups in total. The Bertz CT molecular complexity index is 480. The number of aromatic nitrogens is 4. The van der Waals surface area contributed by atoms with E-state index < -0.39 is 0 Å². The summed E-state index contributed by atoms with van der Waals surface area (Å²) in [5, 5.41) is 0. The number of H-pyrrole nitrogens is 1. The lowest BCUT2D eigenvalue weighted by atomic mass is 10.6. The van der Waals surface area contributed by atoms with Crippen LogP contribution < -0.4 is 9.47 Å². The van der Waals surface area contributed by atoms with Gasteiger partial charge in [-0.3, -0.25) is 0 Å². The molecule has 78 valence electrons. The zero-order valence-corrected chi connectivity index (χ0v) is 8.23. The Hall–Kier alpha value is -2.11. The molecule has 0 aliphatic rings. The third-order valence-corrected chi connectivity index (χ3v) is 1.72. The first-order chi connectivity index (χ1) is 7.33. The highest BCUT2D eigenvalue weighted by Crippen LogP contribution is 2.14. The highest BCUT2D eigenvalue weighted by atomic mass is 16.5. The van der Waals surface area contributed by atoms with Gasteiger partial charge in [0.25, 0.3) is 6.01 Å². The van der Waals surface area contributed by atoms with Gasteiger partial charge in [-0.25, -0.2) is 4.98 Å². The van der Waals surface area contributed by atoms with Crippen molar-refractivity contribution in [2.45, 2.75) is 0 Å². The molecule has 15 heavy (non-hydrogen) atoms. The third kappa shape index (κ3) is 1.88. The summed E-state index contributed by atoms with van der Waals surface area (Å²) in [4.78, 5) is 15.0. The van der Waals surface area contributed by atoms with Crippen molar-refractivity contribution in [3.63, 3.8) is 0 Å². The number of nitrogens with one attached hydrogen (secondary N) is 1. The van der Waals surface area contributed by atoms with E-state index >= 15 is 0 Å². The van der Waals surface area contributed by atoms with E-state index in [1.165, 1.54) is 7.11 Å². The van der Waals surface area contributed by atoms with Crippen molar-refractivity contribution in [1.82, 2.24) is 19.9 Å². The lowest BCUT2D eigenvalue weighted by Gasteiger charge is -1.98. The van der Waals surface area contributed by atoms with Crippen molar-refractivity contribution in [3.8, 4) is 12.0 Å². The smallest absolute Gasteiger partial charge is 0.318 e. The van der Waals surface area contributed by atoms with Crippen LogP contribution in [0.3, 0.4) is 0 Å². The molecule has 0 aromatic carbocycles. The molecule has 0 saturated heterocycles. The fourth-order valence-electron chi connectivity index (χ4n) is 1.07. The molecule has 0 amide bonds. The molecule has 0 bridgehead atoms. The minimum atomic E-state index is 0.275. The molecule has 0 radical (unpaired) electrons. The summed E-state index contributed by atoms with van der Waals surface area (Å²) in [5.74, 6) is 0. The Morgan fingerprint density at radius 2 is 2.40 bits per heavy atom. The lowest BCUT2D eigenvalue weighted by molar-refractivity contribution is 0.334. The quantitative estimate of drug-likeness (QED) is 0.753. The van der Waals surface area contributed by atoms with Crippen molar-refractivity contribution < 1.29 is 9.47 Å². The predicted octanol–water partition coefficient (Wildman–Crippen LogP) is 0.926. The number of imidazole rings is 1. The van der Waals surface area contributed by atoms with Gasteiger partial charge in [0.15, 0.2) is 5.65 Å². The number of fused-ring (bicyclic) bond motifs is 1. The highest BCUT2D eigenvalue weighted by Gasteiger charge is 2.06. The van der Waals surface area contributed by atoms with Crippen molar-refractivity contribution >= 4 is 11.2 Å². The van der Waals surface area contributed by atoms with E-state index in [-0.39, 0.29) is 6.01 Å². The predicted molar refractivity (Wildman–Crippen MR) is 53.9 cm³/mol. The van der Waals surface area contributed by atoms with E-state index in [2.05, 4.69) is 26.5 Å². The summed E-state index contributed by atoms with van der Waals surface area (Å²) in [6.07, 6.45) is 3.22. The second-order valence-corrected chi connectivity index (χ2v) is 2.74. The second-order valence-electron chi connectivity index (χ2n) is 2.74. The topological polar surface area (TPSA) is 72.9 Å². The molecule has 0 saturated carbocycles. The Morgan fingerprint density at radius 1 is 1.53 bits per heavy atom. The summed E-state index contributed by atoms with van der Waals surface area (Å²) in [6.45, 7) is 3.90. The minimum absolute atomic E-state index is 0.275. The fourth-order valence-corrected chi connectivity index (χ4v) is 1.07. The number of nitrogens with zero attached hydrogens (tertiary/aromatic N) is 3. The Labute approximate surface area is 86.0 Å². The van der Waals surface area contributed by atoms with E-state index in [4.69, 9.17) is 9.47 Å². The first-order valence-corrected chi connectivity index (χ1v) is 4.34. The Morgan fingerprint density at radius 3 is 3.13 bits per heavy atom. The maximum atomic E-state index is 5.17. The zero-order valence-electron chi connectivity index (χ0n) is 8.23. The number of hydrogen-bond acceptors (Lipinski definition) is 5. The Kier molecular flexibility index (Phi) is 2.49. The first kappa shape index (κ1) is 9.45. The molecule has 6 nitrogen and oxygen atoms in total. The van der Waals surface area contributed by atoms with Gasteiger partial charge in [0.1, 0.15) is 12.1 Å². The molecular formula is C9H10N4O2. The number of aromatic amines is 1. The van der Waals surface area contributed by atoms with Gasteiger partial charge in [-0.05, 0) is 0 Å². The average Bonchev–Trinajstić information content (AvgIpc) is 2.68. The molecule has 2 heterocycles. The molecule has 0 unspecified atom stereocenters. The average molecular weight is 206 g/mol. The van der Waals surface area contributed by atoms with Gasteiger partial charge in [-0.1, -0.05) is 12.7 Å². The molecule has 2 aromatic heterocycles. The van der Waals surface area contributed by atoms with E-state index in [0.717, 1.165) is 0 Å². The molecule has 0 aliphatic heterocycles. The number of methoxy groups -OCH3 is 1. The summed E-state index contributed by atoms with van der Waals surface area (Å²) in [5.41, 5.74) is 1.22. The summed E-state index contributed by atoms with van der Waals surface area (Å²) < 4.78 is 10.1. The second kappa shape index (κ2) is 3.95. The maximum Gasteiger partial charge on any atom is 0.318 e. The van der Waals surface area contributed by atoms with Crippen LogP contribution in [0.1, 0.15) is 0 Å². The van der Waals surface area contributed by atoms with Crippen molar-refractivity contribution in [1.29, 1.82) is 0 Å². The van der Waals surface area contributed by atoms with Gasteiger partial charge in [0, 0.05) is 0 Å². The van der Waals surface area contributed by atoms with Crippen LogP contribution in [0.4, 0.5) is 0 Å². The van der Waals surface area contributed by atoms with Crippen LogP contribution in [0.15, 0.2) is 18.9 Å². The van der Waals surface area contributed by atoms with Crippen molar-refractivity contribution in [3.05, 3.63) is 18.9 Å².